The number of hydrogen-bond donors (Lipinski definition) is 0. The van der Waals surface area contributed by atoms with E-state index in [1.807, 2.05) is 0 Å². The van der Waals surface area contributed by atoms with E-state index < -0.39 is 0 Å². The van der Waals surface area contributed by atoms with Crippen LogP contribution >= 0.6 is 0 Å². The van der Waals surface area contributed by atoms with Crippen molar-refractivity contribution in [2.45, 2.75) is 26.2 Å². The normalized spacial score (nSPS) is 10.2. The van der Waals surface area contributed by atoms with Crippen LogP contribution in [0.2, 0.25) is 0 Å². The second kappa shape index (κ2) is 8.87. The molecule has 0 bridgehead atoms. The first kappa shape index (κ1) is 17.7. The molecule has 2 rings (SSSR count). The Balaban J connectivity index is 1.94. The number of hydrogen-bond acceptors (Lipinski definition) is 4. The summed E-state index contributed by atoms with van der Waals surface area (Å²) in [7, 11) is 1.57. The number of rotatable bonds is 9. The van der Waals surface area contributed by atoms with Gasteiger partial charge in [-0.2, -0.15) is 0 Å². The third-order valence-corrected chi connectivity index (χ3v) is 3.68. The number of methoxy groups -OCH3 is 1. The van der Waals surface area contributed by atoms with Crippen LogP contribution < -0.4 is 9.47 Å². The van der Waals surface area contributed by atoms with E-state index in [0.29, 0.717) is 23.5 Å². The molecule has 0 unspecified atom stereocenters. The van der Waals surface area contributed by atoms with E-state index in [2.05, 4.69) is 6.92 Å². The summed E-state index contributed by atoms with van der Waals surface area (Å²) in [5, 5.41) is 0. The monoisotopic (exact) mass is 326 g/mol. The van der Waals surface area contributed by atoms with Gasteiger partial charge in [0, 0.05) is 11.1 Å². The van der Waals surface area contributed by atoms with Crippen molar-refractivity contribution in [3.8, 4) is 11.5 Å². The summed E-state index contributed by atoms with van der Waals surface area (Å²) in [6.45, 7) is 2.77. The molecule has 4 heteroatoms. The van der Waals surface area contributed by atoms with Gasteiger partial charge in [0.2, 0.25) is 0 Å². The second-order valence-corrected chi connectivity index (χ2v) is 5.48. The summed E-state index contributed by atoms with van der Waals surface area (Å²) in [6, 6.07) is 13.7. The molecular formula is C20H22O4. The number of ether oxygens (including phenoxy) is 2. The maximum atomic E-state index is 12.2. The van der Waals surface area contributed by atoms with Crippen LogP contribution in [-0.2, 0) is 0 Å². The Morgan fingerprint density at radius 3 is 1.79 bits per heavy atom. The highest BCUT2D eigenvalue weighted by molar-refractivity contribution is 6.13. The van der Waals surface area contributed by atoms with Gasteiger partial charge in [0.15, 0.2) is 11.6 Å². The fourth-order valence-electron chi connectivity index (χ4n) is 2.20. The highest BCUT2D eigenvalue weighted by atomic mass is 16.5. The Morgan fingerprint density at radius 2 is 1.33 bits per heavy atom. The largest absolute Gasteiger partial charge is 0.497 e. The first-order chi connectivity index (χ1) is 11.6. The molecule has 0 aliphatic carbocycles. The third-order valence-electron chi connectivity index (χ3n) is 3.68. The molecule has 24 heavy (non-hydrogen) atoms. The van der Waals surface area contributed by atoms with Gasteiger partial charge in [-0.15, -0.1) is 0 Å². The van der Waals surface area contributed by atoms with Crippen LogP contribution in [0.15, 0.2) is 48.5 Å². The van der Waals surface area contributed by atoms with E-state index in [1.165, 1.54) is 0 Å². The lowest BCUT2D eigenvalue weighted by atomic mass is 10.0. The molecule has 0 saturated carbocycles. The second-order valence-electron chi connectivity index (χ2n) is 5.48. The standard InChI is InChI=1S/C20H22O4/c1-3-4-13-24-18-11-7-16(8-12-18)20(22)14-19(21)15-5-9-17(23-2)10-6-15/h5-12H,3-4,13-14H2,1-2H3. The zero-order valence-corrected chi connectivity index (χ0v) is 14.1. The van der Waals surface area contributed by atoms with Gasteiger partial charge in [-0.1, -0.05) is 13.3 Å². The summed E-state index contributed by atoms with van der Waals surface area (Å²) in [5.41, 5.74) is 1.02. The first-order valence-corrected chi connectivity index (χ1v) is 8.07. The van der Waals surface area contributed by atoms with Gasteiger partial charge in [-0.25, -0.2) is 0 Å². The van der Waals surface area contributed by atoms with Crippen LogP contribution in [0.1, 0.15) is 46.9 Å². The number of carbonyl (C=O) groups is 2. The lowest BCUT2D eigenvalue weighted by molar-refractivity contribution is 0.0894. The Morgan fingerprint density at radius 1 is 0.833 bits per heavy atom. The fraction of sp³-hybridized carbons (Fsp3) is 0.300. The molecule has 0 atom stereocenters. The molecule has 0 N–H and O–H groups in total. The van der Waals surface area contributed by atoms with Crippen molar-refractivity contribution < 1.29 is 19.1 Å². The predicted octanol–water partition coefficient (Wildman–Crippen LogP) is 4.33. The van der Waals surface area contributed by atoms with E-state index in [-0.39, 0.29) is 18.0 Å². The maximum absolute atomic E-state index is 12.2. The van der Waals surface area contributed by atoms with Crippen molar-refractivity contribution in [3.63, 3.8) is 0 Å². The molecule has 126 valence electrons. The summed E-state index contributed by atoms with van der Waals surface area (Å²) in [5.74, 6) is 1.01. The number of Topliss-reactive ketones (excluding diaryl/α,β-unsaturated/α-hetero) is 2. The van der Waals surface area contributed by atoms with Crippen LogP contribution in [-0.4, -0.2) is 25.3 Å². The molecule has 0 aromatic heterocycles. The van der Waals surface area contributed by atoms with Crippen LogP contribution in [0.5, 0.6) is 11.5 Å². The molecule has 0 saturated heterocycles. The van der Waals surface area contributed by atoms with E-state index >= 15 is 0 Å². The fourth-order valence-corrected chi connectivity index (χ4v) is 2.20. The predicted molar refractivity (Wildman–Crippen MR) is 93.1 cm³/mol. The highest BCUT2D eigenvalue weighted by Gasteiger charge is 2.14. The Labute approximate surface area is 142 Å². The number of benzene rings is 2. The first-order valence-electron chi connectivity index (χ1n) is 8.07. The minimum Gasteiger partial charge on any atom is -0.497 e. The summed E-state index contributed by atoms with van der Waals surface area (Å²) in [6.07, 6.45) is 1.92. The van der Waals surface area contributed by atoms with Crippen molar-refractivity contribution in [3.05, 3.63) is 59.7 Å². The lowest BCUT2D eigenvalue weighted by Crippen LogP contribution is -2.08. The van der Waals surface area contributed by atoms with Crippen molar-refractivity contribution in [2.75, 3.05) is 13.7 Å². The SMILES string of the molecule is CCCCOc1ccc(C(=O)CC(=O)c2ccc(OC)cc2)cc1. The molecule has 2 aromatic carbocycles. The lowest BCUT2D eigenvalue weighted by Gasteiger charge is -2.06. The van der Waals surface area contributed by atoms with Gasteiger partial charge in [-0.05, 0) is 55.0 Å². The smallest absolute Gasteiger partial charge is 0.170 e. The van der Waals surface area contributed by atoms with Gasteiger partial charge in [-0.3, -0.25) is 9.59 Å². The van der Waals surface area contributed by atoms with Gasteiger partial charge >= 0.3 is 0 Å². The number of ketones is 2. The van der Waals surface area contributed by atoms with E-state index in [9.17, 15) is 9.59 Å². The van der Waals surface area contributed by atoms with Crippen LogP contribution in [0, 0.1) is 0 Å². The zero-order chi connectivity index (χ0) is 17.4. The molecule has 0 amide bonds. The van der Waals surface area contributed by atoms with Gasteiger partial charge in [0.1, 0.15) is 11.5 Å². The number of unbranched alkanes of at least 4 members (excludes halogenated alkanes) is 1. The minimum absolute atomic E-state index is 0.150. The molecule has 0 aliphatic heterocycles. The van der Waals surface area contributed by atoms with Crippen molar-refractivity contribution in [1.29, 1.82) is 0 Å². The van der Waals surface area contributed by atoms with Crippen LogP contribution in [0.4, 0.5) is 0 Å². The summed E-state index contributed by atoms with van der Waals surface area (Å²) < 4.78 is 10.6. The average molecular weight is 326 g/mol. The molecular weight excluding hydrogens is 304 g/mol. The number of carbonyl (C=O) groups excluding carboxylic acids is 2. The van der Waals surface area contributed by atoms with Crippen molar-refractivity contribution in [2.24, 2.45) is 0 Å². The third kappa shape index (κ3) is 4.95. The van der Waals surface area contributed by atoms with E-state index in [0.717, 1.165) is 18.6 Å². The van der Waals surface area contributed by atoms with Crippen LogP contribution in [0.3, 0.4) is 0 Å². The Kier molecular flexibility index (Phi) is 6.55. The molecule has 2 aromatic rings. The highest BCUT2D eigenvalue weighted by Crippen LogP contribution is 2.16. The molecule has 0 radical (unpaired) electrons. The average Bonchev–Trinajstić information content (AvgIpc) is 2.62. The van der Waals surface area contributed by atoms with Gasteiger partial charge < -0.3 is 9.47 Å². The molecule has 4 nitrogen and oxygen atoms in total. The topological polar surface area (TPSA) is 52.6 Å². The molecule has 0 spiro atoms. The maximum Gasteiger partial charge on any atom is 0.170 e. The van der Waals surface area contributed by atoms with E-state index in [1.54, 1.807) is 55.6 Å². The van der Waals surface area contributed by atoms with Crippen LogP contribution in [0.25, 0.3) is 0 Å². The van der Waals surface area contributed by atoms with Gasteiger partial charge in [0.05, 0.1) is 20.1 Å². The quantitative estimate of drug-likeness (QED) is 0.391. The summed E-state index contributed by atoms with van der Waals surface area (Å²) >= 11 is 0. The van der Waals surface area contributed by atoms with Gasteiger partial charge in [0.25, 0.3) is 0 Å². The molecule has 0 fully saturated rings. The molecule has 0 heterocycles. The Hall–Kier alpha value is -2.62. The summed E-state index contributed by atoms with van der Waals surface area (Å²) in [4.78, 5) is 24.4. The van der Waals surface area contributed by atoms with Crippen molar-refractivity contribution in [1.82, 2.24) is 0 Å². The zero-order valence-electron chi connectivity index (χ0n) is 14.1. The Bertz CT molecular complexity index is 672. The van der Waals surface area contributed by atoms with Crippen molar-refractivity contribution >= 4 is 11.6 Å². The minimum atomic E-state index is -0.203. The molecule has 0 aliphatic rings. The van der Waals surface area contributed by atoms with E-state index in [4.69, 9.17) is 9.47 Å².